The molecule has 1 aromatic carbocycles. The van der Waals surface area contributed by atoms with E-state index >= 15 is 0 Å². The van der Waals surface area contributed by atoms with Crippen molar-refractivity contribution in [2.24, 2.45) is 0 Å². The Labute approximate surface area is 182 Å². The number of halogens is 4. The van der Waals surface area contributed by atoms with Crippen molar-refractivity contribution < 1.29 is 18.0 Å². The van der Waals surface area contributed by atoms with E-state index in [2.05, 4.69) is 22.1 Å². The van der Waals surface area contributed by atoms with E-state index in [1.165, 1.54) is 18.6 Å². The number of amides is 1. The van der Waals surface area contributed by atoms with Gasteiger partial charge in [-0.25, -0.2) is 0 Å². The molecule has 0 saturated heterocycles. The van der Waals surface area contributed by atoms with Crippen LogP contribution in [0.3, 0.4) is 0 Å². The molecular formula is C20H22ClF3N4OS. The number of para-hydroxylation sites is 1. The Bertz CT molecular complexity index is 910. The normalized spacial score (nSPS) is 15.2. The number of aromatic nitrogens is 3. The number of benzene rings is 1. The Hall–Kier alpha value is -2.00. The summed E-state index contributed by atoms with van der Waals surface area (Å²) in [6.07, 6.45) is 2.72. The van der Waals surface area contributed by atoms with Crippen molar-refractivity contribution in [2.45, 2.75) is 55.9 Å². The first kappa shape index (κ1) is 22.7. The summed E-state index contributed by atoms with van der Waals surface area (Å²) in [7, 11) is 0. The number of nitrogens with one attached hydrogen (secondary N) is 1. The summed E-state index contributed by atoms with van der Waals surface area (Å²) in [4.78, 5) is 12.4. The molecule has 30 heavy (non-hydrogen) atoms. The Kier molecular flexibility index (Phi) is 7.46. The maximum absolute atomic E-state index is 13.2. The first-order valence-corrected chi connectivity index (χ1v) is 11.0. The zero-order valence-electron chi connectivity index (χ0n) is 16.2. The van der Waals surface area contributed by atoms with Crippen LogP contribution in [0.25, 0.3) is 0 Å². The van der Waals surface area contributed by atoms with Gasteiger partial charge in [0.2, 0.25) is 5.91 Å². The molecule has 5 nitrogen and oxygen atoms in total. The van der Waals surface area contributed by atoms with Crippen LogP contribution in [0, 0.1) is 0 Å². The maximum Gasteiger partial charge on any atom is 0.418 e. The molecule has 0 radical (unpaired) electrons. The van der Waals surface area contributed by atoms with Crippen molar-refractivity contribution in [1.82, 2.24) is 14.8 Å². The van der Waals surface area contributed by atoms with Crippen LogP contribution in [0.5, 0.6) is 0 Å². The average molecular weight is 459 g/mol. The van der Waals surface area contributed by atoms with Crippen molar-refractivity contribution in [3.05, 3.63) is 47.3 Å². The third-order valence-corrected chi connectivity index (χ3v) is 6.22. The summed E-state index contributed by atoms with van der Waals surface area (Å²) in [5.74, 6) is 0.475. The Morgan fingerprint density at radius 3 is 2.70 bits per heavy atom. The fourth-order valence-electron chi connectivity index (χ4n) is 3.56. The first-order valence-electron chi connectivity index (χ1n) is 9.63. The van der Waals surface area contributed by atoms with Gasteiger partial charge in [0.25, 0.3) is 0 Å². The van der Waals surface area contributed by atoms with Crippen molar-refractivity contribution in [3.63, 3.8) is 0 Å². The number of thioether (sulfide) groups is 1. The Balaban J connectivity index is 1.71. The molecule has 1 aromatic heterocycles. The lowest BCUT2D eigenvalue weighted by atomic mass is 9.89. The predicted molar refractivity (Wildman–Crippen MR) is 112 cm³/mol. The second kappa shape index (κ2) is 9.87. The average Bonchev–Trinajstić information content (AvgIpc) is 3.11. The minimum atomic E-state index is -4.63. The zero-order valence-corrected chi connectivity index (χ0v) is 17.8. The van der Waals surface area contributed by atoms with Crippen molar-refractivity contribution in [1.29, 1.82) is 0 Å². The van der Waals surface area contributed by atoms with E-state index in [-0.39, 0.29) is 10.8 Å². The van der Waals surface area contributed by atoms with Crippen molar-refractivity contribution in [3.8, 4) is 0 Å². The van der Waals surface area contributed by atoms with Gasteiger partial charge in [0.15, 0.2) is 5.16 Å². The standard InChI is InChI=1S/C20H22ClF3N4OS/c1-2-11-28-18(13-7-4-3-5-8-13)26-27-19(28)30-12-16(29)25-17-14(20(22,23)24)9-6-10-15(17)21/h2,6,9-10,13H,1,3-5,7-8,11-12H2,(H,25,29). The molecule has 10 heteroatoms. The van der Waals surface area contributed by atoms with E-state index in [1.54, 1.807) is 6.08 Å². The van der Waals surface area contributed by atoms with Gasteiger partial charge >= 0.3 is 6.18 Å². The second-order valence-electron chi connectivity index (χ2n) is 7.07. The van der Waals surface area contributed by atoms with Crippen LogP contribution in [0.15, 0.2) is 36.0 Å². The van der Waals surface area contributed by atoms with Crippen LogP contribution in [0.4, 0.5) is 18.9 Å². The van der Waals surface area contributed by atoms with E-state index in [9.17, 15) is 18.0 Å². The number of rotatable bonds is 7. The van der Waals surface area contributed by atoms with Gasteiger partial charge in [-0.15, -0.1) is 16.8 Å². The fourth-order valence-corrected chi connectivity index (χ4v) is 4.54. The maximum atomic E-state index is 13.2. The van der Waals surface area contributed by atoms with E-state index < -0.39 is 23.3 Å². The van der Waals surface area contributed by atoms with Gasteiger partial charge in [-0.1, -0.05) is 54.8 Å². The van der Waals surface area contributed by atoms with Gasteiger partial charge < -0.3 is 9.88 Å². The van der Waals surface area contributed by atoms with Crippen molar-refractivity contribution in [2.75, 3.05) is 11.1 Å². The number of hydrogen-bond acceptors (Lipinski definition) is 4. The molecule has 0 bridgehead atoms. The van der Waals surface area contributed by atoms with Crippen LogP contribution in [0.1, 0.15) is 49.4 Å². The number of allylic oxidation sites excluding steroid dienone is 1. The molecule has 1 N–H and O–H groups in total. The van der Waals surface area contributed by atoms with Gasteiger partial charge in [0, 0.05) is 12.5 Å². The second-order valence-corrected chi connectivity index (χ2v) is 8.42. The highest BCUT2D eigenvalue weighted by atomic mass is 35.5. The third kappa shape index (κ3) is 5.37. The molecule has 1 fully saturated rings. The predicted octanol–water partition coefficient (Wildman–Crippen LogP) is 5.91. The molecule has 3 rings (SSSR count). The highest BCUT2D eigenvalue weighted by molar-refractivity contribution is 7.99. The van der Waals surface area contributed by atoms with Crippen molar-refractivity contribution >= 4 is 35.0 Å². The molecule has 1 saturated carbocycles. The number of nitrogens with zero attached hydrogens (tertiary/aromatic N) is 3. The highest BCUT2D eigenvalue weighted by Crippen LogP contribution is 2.38. The van der Waals surface area contributed by atoms with E-state index in [0.717, 1.165) is 49.3 Å². The zero-order chi connectivity index (χ0) is 21.7. The van der Waals surface area contributed by atoms with E-state index in [0.29, 0.717) is 17.6 Å². The Morgan fingerprint density at radius 2 is 2.03 bits per heavy atom. The fraction of sp³-hybridized carbons (Fsp3) is 0.450. The summed E-state index contributed by atoms with van der Waals surface area (Å²) in [6.45, 7) is 4.28. The lowest BCUT2D eigenvalue weighted by Gasteiger charge is -2.21. The monoisotopic (exact) mass is 458 g/mol. The number of anilines is 1. The largest absolute Gasteiger partial charge is 0.418 e. The van der Waals surface area contributed by atoms with Crippen LogP contribution < -0.4 is 5.32 Å². The summed E-state index contributed by atoms with van der Waals surface area (Å²) in [5.41, 5.74) is -1.42. The number of alkyl halides is 3. The summed E-state index contributed by atoms with van der Waals surface area (Å²) < 4.78 is 41.5. The van der Waals surface area contributed by atoms with Crippen LogP contribution in [0.2, 0.25) is 5.02 Å². The lowest BCUT2D eigenvalue weighted by Crippen LogP contribution is -2.19. The lowest BCUT2D eigenvalue weighted by molar-refractivity contribution is -0.137. The molecule has 1 aliphatic rings. The molecule has 2 aromatic rings. The van der Waals surface area contributed by atoms with E-state index in [4.69, 9.17) is 11.6 Å². The van der Waals surface area contributed by atoms with Gasteiger partial charge in [-0.05, 0) is 25.0 Å². The van der Waals surface area contributed by atoms with Gasteiger partial charge in [0.05, 0.1) is 22.0 Å². The molecule has 0 aliphatic heterocycles. The first-order chi connectivity index (χ1) is 14.3. The molecular weight excluding hydrogens is 437 g/mol. The summed E-state index contributed by atoms with van der Waals surface area (Å²) in [6, 6.07) is 3.38. The third-order valence-electron chi connectivity index (χ3n) is 4.94. The molecule has 1 aliphatic carbocycles. The molecule has 0 atom stereocenters. The van der Waals surface area contributed by atoms with Gasteiger partial charge in [-0.2, -0.15) is 13.2 Å². The smallest absolute Gasteiger partial charge is 0.324 e. The van der Waals surface area contributed by atoms with Gasteiger partial charge in [0.1, 0.15) is 5.82 Å². The van der Waals surface area contributed by atoms with Crippen LogP contribution in [-0.4, -0.2) is 26.4 Å². The quantitative estimate of drug-likeness (QED) is 0.413. The highest BCUT2D eigenvalue weighted by Gasteiger charge is 2.34. The number of hydrogen-bond donors (Lipinski definition) is 1. The minimum Gasteiger partial charge on any atom is -0.324 e. The van der Waals surface area contributed by atoms with Crippen LogP contribution >= 0.6 is 23.4 Å². The molecule has 0 spiro atoms. The summed E-state index contributed by atoms with van der Waals surface area (Å²) >= 11 is 7.02. The Morgan fingerprint density at radius 1 is 1.30 bits per heavy atom. The number of carbonyl (C=O) groups excluding carboxylic acids is 1. The molecule has 1 amide bonds. The SMILES string of the molecule is C=CCn1c(SCC(=O)Nc2c(Cl)cccc2C(F)(F)F)nnc1C1CCCCC1. The van der Waals surface area contributed by atoms with E-state index in [1.807, 2.05) is 4.57 Å². The summed E-state index contributed by atoms with van der Waals surface area (Å²) in [5, 5.41) is 11.2. The molecule has 0 unspecified atom stereocenters. The van der Waals surface area contributed by atoms with Crippen LogP contribution in [-0.2, 0) is 17.5 Å². The minimum absolute atomic E-state index is 0.123. The molecule has 162 valence electrons. The molecule has 1 heterocycles. The topological polar surface area (TPSA) is 59.8 Å². The number of carbonyl (C=O) groups is 1. The van der Waals surface area contributed by atoms with Gasteiger partial charge in [-0.3, -0.25) is 4.79 Å².